The van der Waals surface area contributed by atoms with Crippen LogP contribution in [0.4, 0.5) is 5.69 Å². The summed E-state index contributed by atoms with van der Waals surface area (Å²) in [6, 6.07) is 20.4. The number of ether oxygens (including phenoxy) is 1. The van der Waals surface area contributed by atoms with Gasteiger partial charge < -0.3 is 15.0 Å². The Bertz CT molecular complexity index is 946. The van der Waals surface area contributed by atoms with E-state index in [1.807, 2.05) is 60.7 Å². The molecule has 2 amide bonds. The highest BCUT2D eigenvalue weighted by molar-refractivity contribution is 5.94. The maximum Gasteiger partial charge on any atom is 0.223 e. The Labute approximate surface area is 170 Å². The van der Waals surface area contributed by atoms with Crippen molar-refractivity contribution in [1.82, 2.24) is 10.3 Å². The third-order valence-electron chi connectivity index (χ3n) is 4.28. The number of benzene rings is 2. The number of hydrogen-bond donors (Lipinski definition) is 1. The summed E-state index contributed by atoms with van der Waals surface area (Å²) in [6.07, 6.45) is 3.57. The molecule has 0 unspecified atom stereocenters. The largest absolute Gasteiger partial charge is 0.455 e. The fraction of sp³-hybridized carbons (Fsp3) is 0.174. The minimum atomic E-state index is -0.158. The molecule has 0 bridgehead atoms. The molecular weight excluding hydrogens is 366 g/mol. The summed E-state index contributed by atoms with van der Waals surface area (Å²) in [4.78, 5) is 30.1. The zero-order valence-corrected chi connectivity index (χ0v) is 16.2. The first-order valence-corrected chi connectivity index (χ1v) is 9.39. The van der Waals surface area contributed by atoms with Crippen LogP contribution in [0.2, 0.25) is 0 Å². The van der Waals surface area contributed by atoms with E-state index < -0.39 is 0 Å². The van der Waals surface area contributed by atoms with Crippen LogP contribution in [-0.4, -0.2) is 23.3 Å². The predicted octanol–water partition coefficient (Wildman–Crippen LogP) is 3.93. The topological polar surface area (TPSA) is 71.5 Å². The standard InChI is InChI=1S/C23H23N3O3/c1-18(27)26(15-13-23(28)25-17-19-8-7-14-24-16-19)21-11-5-6-12-22(21)29-20-9-3-2-4-10-20/h2-12,14,16H,13,15,17H2,1H3,(H,25,28). The normalized spacial score (nSPS) is 10.2. The molecule has 0 aliphatic heterocycles. The van der Waals surface area contributed by atoms with Gasteiger partial charge in [0.1, 0.15) is 5.75 Å². The van der Waals surface area contributed by atoms with Crippen molar-refractivity contribution < 1.29 is 14.3 Å². The summed E-state index contributed by atoms with van der Waals surface area (Å²) < 4.78 is 5.95. The van der Waals surface area contributed by atoms with Gasteiger partial charge >= 0.3 is 0 Å². The van der Waals surface area contributed by atoms with E-state index in [9.17, 15) is 9.59 Å². The Balaban J connectivity index is 1.65. The van der Waals surface area contributed by atoms with Crippen molar-refractivity contribution in [2.45, 2.75) is 19.9 Å². The van der Waals surface area contributed by atoms with E-state index in [1.54, 1.807) is 23.4 Å². The average Bonchev–Trinajstić information content (AvgIpc) is 2.75. The molecule has 0 aliphatic carbocycles. The van der Waals surface area contributed by atoms with Crippen LogP contribution in [0.3, 0.4) is 0 Å². The molecule has 0 spiro atoms. The first kappa shape index (κ1) is 20.1. The highest BCUT2D eigenvalue weighted by Crippen LogP contribution is 2.32. The second-order valence-corrected chi connectivity index (χ2v) is 6.44. The van der Waals surface area contributed by atoms with Crippen LogP contribution in [0.1, 0.15) is 18.9 Å². The molecule has 1 N–H and O–H groups in total. The van der Waals surface area contributed by atoms with Crippen molar-refractivity contribution >= 4 is 17.5 Å². The van der Waals surface area contributed by atoms with Gasteiger partial charge in [0.15, 0.2) is 5.75 Å². The number of anilines is 1. The lowest BCUT2D eigenvalue weighted by Gasteiger charge is -2.23. The second-order valence-electron chi connectivity index (χ2n) is 6.44. The second kappa shape index (κ2) is 10.0. The number of hydrogen-bond acceptors (Lipinski definition) is 4. The van der Waals surface area contributed by atoms with Crippen molar-refractivity contribution in [3.63, 3.8) is 0 Å². The number of para-hydroxylation sites is 3. The number of amides is 2. The van der Waals surface area contributed by atoms with E-state index in [-0.39, 0.29) is 24.8 Å². The molecule has 0 radical (unpaired) electrons. The first-order chi connectivity index (χ1) is 14.1. The lowest BCUT2D eigenvalue weighted by molar-refractivity contribution is -0.121. The quantitative estimate of drug-likeness (QED) is 0.634. The third-order valence-corrected chi connectivity index (χ3v) is 4.28. The van der Waals surface area contributed by atoms with E-state index in [0.717, 1.165) is 5.56 Å². The van der Waals surface area contributed by atoms with Gasteiger partial charge in [0, 0.05) is 38.8 Å². The van der Waals surface area contributed by atoms with Gasteiger partial charge in [-0.25, -0.2) is 0 Å². The van der Waals surface area contributed by atoms with Gasteiger partial charge in [-0.2, -0.15) is 0 Å². The molecule has 6 nitrogen and oxygen atoms in total. The molecule has 6 heteroatoms. The summed E-state index contributed by atoms with van der Waals surface area (Å²) in [7, 11) is 0. The molecule has 1 heterocycles. The van der Waals surface area contributed by atoms with E-state index in [2.05, 4.69) is 10.3 Å². The lowest BCUT2D eigenvalue weighted by Crippen LogP contribution is -2.34. The van der Waals surface area contributed by atoms with Gasteiger partial charge in [-0.3, -0.25) is 14.6 Å². The number of carbonyl (C=O) groups excluding carboxylic acids is 2. The highest BCUT2D eigenvalue weighted by Gasteiger charge is 2.18. The minimum Gasteiger partial charge on any atom is -0.455 e. The Morgan fingerprint density at radius 2 is 1.76 bits per heavy atom. The lowest BCUT2D eigenvalue weighted by atomic mass is 10.2. The van der Waals surface area contributed by atoms with Crippen LogP contribution in [0.5, 0.6) is 11.5 Å². The molecular formula is C23H23N3O3. The Morgan fingerprint density at radius 3 is 2.48 bits per heavy atom. The van der Waals surface area contributed by atoms with Gasteiger partial charge in [0.25, 0.3) is 0 Å². The summed E-state index contributed by atoms with van der Waals surface area (Å²) in [6.45, 7) is 2.14. The molecule has 29 heavy (non-hydrogen) atoms. The summed E-state index contributed by atoms with van der Waals surface area (Å²) in [5.41, 5.74) is 1.55. The Morgan fingerprint density at radius 1 is 1.00 bits per heavy atom. The number of pyridine rings is 1. The van der Waals surface area contributed by atoms with E-state index in [1.165, 1.54) is 6.92 Å². The average molecular weight is 389 g/mol. The third kappa shape index (κ3) is 5.90. The number of aromatic nitrogens is 1. The number of carbonyl (C=O) groups is 2. The van der Waals surface area contributed by atoms with Crippen molar-refractivity contribution in [2.24, 2.45) is 0 Å². The van der Waals surface area contributed by atoms with Gasteiger partial charge in [-0.1, -0.05) is 36.4 Å². The zero-order chi connectivity index (χ0) is 20.5. The van der Waals surface area contributed by atoms with Gasteiger partial charge in [-0.15, -0.1) is 0 Å². The molecule has 0 aliphatic rings. The predicted molar refractivity (Wildman–Crippen MR) is 112 cm³/mol. The smallest absolute Gasteiger partial charge is 0.223 e. The molecule has 0 atom stereocenters. The van der Waals surface area contributed by atoms with E-state index in [4.69, 9.17) is 4.74 Å². The van der Waals surface area contributed by atoms with Crippen molar-refractivity contribution in [3.05, 3.63) is 84.7 Å². The van der Waals surface area contributed by atoms with Crippen molar-refractivity contribution in [1.29, 1.82) is 0 Å². The Hall–Kier alpha value is -3.67. The van der Waals surface area contributed by atoms with Gasteiger partial charge in [-0.05, 0) is 35.9 Å². The van der Waals surface area contributed by atoms with Crippen molar-refractivity contribution in [3.8, 4) is 11.5 Å². The van der Waals surface area contributed by atoms with Crippen LogP contribution in [-0.2, 0) is 16.1 Å². The highest BCUT2D eigenvalue weighted by atomic mass is 16.5. The number of rotatable bonds is 8. The molecule has 0 saturated heterocycles. The minimum absolute atomic E-state index is 0.137. The first-order valence-electron chi connectivity index (χ1n) is 9.39. The molecule has 2 aromatic carbocycles. The van der Waals surface area contributed by atoms with Crippen LogP contribution >= 0.6 is 0 Å². The van der Waals surface area contributed by atoms with Crippen LogP contribution < -0.4 is 15.0 Å². The fourth-order valence-corrected chi connectivity index (χ4v) is 2.83. The van der Waals surface area contributed by atoms with E-state index in [0.29, 0.717) is 23.7 Å². The molecule has 148 valence electrons. The number of nitrogens with zero attached hydrogens (tertiary/aromatic N) is 2. The summed E-state index contributed by atoms with van der Waals surface area (Å²) in [5, 5.41) is 2.85. The van der Waals surface area contributed by atoms with Crippen molar-refractivity contribution in [2.75, 3.05) is 11.4 Å². The molecule has 0 saturated carbocycles. The van der Waals surface area contributed by atoms with Gasteiger partial charge in [0.2, 0.25) is 11.8 Å². The molecule has 0 fully saturated rings. The fourth-order valence-electron chi connectivity index (χ4n) is 2.83. The van der Waals surface area contributed by atoms with Crippen LogP contribution in [0.15, 0.2) is 79.1 Å². The summed E-state index contributed by atoms with van der Waals surface area (Å²) in [5.74, 6) is 0.943. The van der Waals surface area contributed by atoms with Gasteiger partial charge in [0.05, 0.1) is 5.69 Å². The summed E-state index contributed by atoms with van der Waals surface area (Å²) >= 11 is 0. The van der Waals surface area contributed by atoms with E-state index >= 15 is 0 Å². The monoisotopic (exact) mass is 389 g/mol. The maximum absolute atomic E-state index is 12.3. The number of nitrogens with one attached hydrogen (secondary N) is 1. The maximum atomic E-state index is 12.3. The molecule has 3 aromatic rings. The SMILES string of the molecule is CC(=O)N(CCC(=O)NCc1cccnc1)c1ccccc1Oc1ccccc1. The molecule has 3 rings (SSSR count). The zero-order valence-electron chi connectivity index (χ0n) is 16.2. The molecule has 1 aromatic heterocycles. The Kier molecular flexibility index (Phi) is 6.95. The van der Waals surface area contributed by atoms with Crippen LogP contribution in [0, 0.1) is 0 Å². The van der Waals surface area contributed by atoms with Crippen LogP contribution in [0.25, 0.3) is 0 Å².